The van der Waals surface area contributed by atoms with Gasteiger partial charge in [0.1, 0.15) is 12.4 Å². The second-order valence-electron chi connectivity index (χ2n) is 3.16. The number of rotatable bonds is 7. The van der Waals surface area contributed by atoms with Gasteiger partial charge in [0.15, 0.2) is 6.61 Å². The lowest BCUT2D eigenvalue weighted by atomic mass is 10.3. The topological polar surface area (TPSA) is 44.8 Å². The van der Waals surface area contributed by atoms with Crippen molar-refractivity contribution >= 4 is 21.9 Å². The molecule has 5 heteroatoms. The molecule has 0 fully saturated rings. The Hall–Kier alpha value is -1.07. The SMILES string of the molecule is CCOCCOC(=O)COc1ccc(Br)cc1. The van der Waals surface area contributed by atoms with Gasteiger partial charge in [-0.3, -0.25) is 0 Å². The van der Waals surface area contributed by atoms with Gasteiger partial charge in [-0.15, -0.1) is 0 Å². The van der Waals surface area contributed by atoms with E-state index in [9.17, 15) is 4.79 Å². The van der Waals surface area contributed by atoms with Crippen LogP contribution in [0.3, 0.4) is 0 Å². The van der Waals surface area contributed by atoms with Crippen molar-refractivity contribution in [1.29, 1.82) is 0 Å². The first kappa shape index (κ1) is 14.0. The maximum atomic E-state index is 11.2. The lowest BCUT2D eigenvalue weighted by Gasteiger charge is -2.07. The quantitative estimate of drug-likeness (QED) is 0.573. The Morgan fingerprint density at radius 3 is 2.59 bits per heavy atom. The lowest BCUT2D eigenvalue weighted by Crippen LogP contribution is -2.17. The smallest absolute Gasteiger partial charge is 0.344 e. The summed E-state index contributed by atoms with van der Waals surface area (Å²) in [6.45, 7) is 3.09. The molecule has 0 N–H and O–H groups in total. The maximum Gasteiger partial charge on any atom is 0.344 e. The van der Waals surface area contributed by atoms with Crippen molar-refractivity contribution in [2.24, 2.45) is 0 Å². The molecule has 0 spiro atoms. The van der Waals surface area contributed by atoms with Crippen LogP contribution in [0.25, 0.3) is 0 Å². The fourth-order valence-corrected chi connectivity index (χ4v) is 1.34. The molecule has 17 heavy (non-hydrogen) atoms. The van der Waals surface area contributed by atoms with Crippen LogP contribution in [0, 0.1) is 0 Å². The van der Waals surface area contributed by atoms with E-state index in [1.807, 2.05) is 19.1 Å². The normalized spacial score (nSPS) is 10.0. The summed E-state index contributed by atoms with van der Waals surface area (Å²) in [5, 5.41) is 0. The third kappa shape index (κ3) is 6.28. The average Bonchev–Trinajstić information content (AvgIpc) is 2.34. The Morgan fingerprint density at radius 1 is 1.24 bits per heavy atom. The van der Waals surface area contributed by atoms with Gasteiger partial charge in [-0.2, -0.15) is 0 Å². The molecule has 4 nitrogen and oxygen atoms in total. The molecule has 1 aromatic rings. The van der Waals surface area contributed by atoms with E-state index in [1.165, 1.54) is 0 Å². The number of halogens is 1. The predicted octanol–water partition coefficient (Wildman–Crippen LogP) is 2.41. The zero-order valence-electron chi connectivity index (χ0n) is 9.65. The Bertz CT molecular complexity index is 337. The fourth-order valence-electron chi connectivity index (χ4n) is 1.07. The molecule has 94 valence electrons. The van der Waals surface area contributed by atoms with Crippen LogP contribution >= 0.6 is 15.9 Å². The van der Waals surface area contributed by atoms with Crippen molar-refractivity contribution < 1.29 is 19.0 Å². The first-order valence-electron chi connectivity index (χ1n) is 5.34. The van der Waals surface area contributed by atoms with E-state index >= 15 is 0 Å². The van der Waals surface area contributed by atoms with E-state index in [1.54, 1.807) is 12.1 Å². The van der Waals surface area contributed by atoms with Gasteiger partial charge < -0.3 is 14.2 Å². The molecule has 1 rings (SSSR count). The van der Waals surface area contributed by atoms with Gasteiger partial charge in [-0.05, 0) is 31.2 Å². The van der Waals surface area contributed by atoms with E-state index in [-0.39, 0.29) is 13.2 Å². The van der Waals surface area contributed by atoms with Gasteiger partial charge in [0.2, 0.25) is 0 Å². The van der Waals surface area contributed by atoms with Crippen LogP contribution < -0.4 is 4.74 Å². The predicted molar refractivity (Wildman–Crippen MR) is 67.1 cm³/mol. The van der Waals surface area contributed by atoms with Gasteiger partial charge in [-0.25, -0.2) is 4.79 Å². The summed E-state index contributed by atoms with van der Waals surface area (Å²) in [4.78, 5) is 11.2. The van der Waals surface area contributed by atoms with Gasteiger partial charge in [0, 0.05) is 11.1 Å². The molecule has 0 unspecified atom stereocenters. The van der Waals surface area contributed by atoms with E-state index in [0.29, 0.717) is 19.0 Å². The Kier molecular flexibility index (Phi) is 6.65. The molecule has 0 aliphatic heterocycles. The lowest BCUT2D eigenvalue weighted by molar-refractivity contribution is -0.147. The fraction of sp³-hybridized carbons (Fsp3) is 0.417. The number of ether oxygens (including phenoxy) is 3. The number of hydrogen-bond acceptors (Lipinski definition) is 4. The molecule has 0 aliphatic rings. The third-order valence-electron chi connectivity index (χ3n) is 1.87. The Labute approximate surface area is 109 Å². The minimum Gasteiger partial charge on any atom is -0.482 e. The molecule has 0 amide bonds. The van der Waals surface area contributed by atoms with E-state index in [4.69, 9.17) is 14.2 Å². The zero-order chi connectivity index (χ0) is 12.5. The van der Waals surface area contributed by atoms with Crippen molar-refractivity contribution in [3.8, 4) is 5.75 Å². The summed E-state index contributed by atoms with van der Waals surface area (Å²) < 4.78 is 16.1. The second-order valence-corrected chi connectivity index (χ2v) is 4.08. The summed E-state index contributed by atoms with van der Waals surface area (Å²) in [6, 6.07) is 7.24. The van der Waals surface area contributed by atoms with E-state index in [0.717, 1.165) is 4.47 Å². The molecular formula is C12H15BrO4. The summed E-state index contributed by atoms with van der Waals surface area (Å²) in [5.41, 5.74) is 0. The molecule has 0 saturated heterocycles. The molecule has 0 radical (unpaired) electrons. The van der Waals surface area contributed by atoms with Crippen molar-refractivity contribution in [3.63, 3.8) is 0 Å². The Morgan fingerprint density at radius 2 is 1.94 bits per heavy atom. The minimum atomic E-state index is -0.396. The molecule has 1 aromatic carbocycles. The highest BCUT2D eigenvalue weighted by Gasteiger charge is 2.03. The summed E-state index contributed by atoms with van der Waals surface area (Å²) in [6.07, 6.45) is 0. The maximum absolute atomic E-state index is 11.2. The number of carbonyl (C=O) groups is 1. The van der Waals surface area contributed by atoms with Crippen LogP contribution in [-0.2, 0) is 14.3 Å². The molecule has 0 aromatic heterocycles. The molecule has 0 aliphatic carbocycles. The number of carbonyl (C=O) groups excluding carboxylic acids is 1. The van der Waals surface area contributed by atoms with Crippen molar-refractivity contribution in [3.05, 3.63) is 28.7 Å². The van der Waals surface area contributed by atoms with Crippen molar-refractivity contribution in [2.75, 3.05) is 26.4 Å². The standard InChI is InChI=1S/C12H15BrO4/c1-2-15-7-8-16-12(14)9-17-11-5-3-10(13)4-6-11/h3-6H,2,7-9H2,1H3. The highest BCUT2D eigenvalue weighted by atomic mass is 79.9. The number of hydrogen-bond donors (Lipinski definition) is 0. The van der Waals surface area contributed by atoms with Crippen molar-refractivity contribution in [2.45, 2.75) is 6.92 Å². The van der Waals surface area contributed by atoms with Crippen LogP contribution in [0.2, 0.25) is 0 Å². The van der Waals surface area contributed by atoms with E-state index < -0.39 is 5.97 Å². The molecule has 0 atom stereocenters. The number of benzene rings is 1. The summed E-state index contributed by atoms with van der Waals surface area (Å²) in [5.74, 6) is 0.239. The molecule has 0 heterocycles. The monoisotopic (exact) mass is 302 g/mol. The highest BCUT2D eigenvalue weighted by molar-refractivity contribution is 9.10. The van der Waals surface area contributed by atoms with Gasteiger partial charge in [-0.1, -0.05) is 15.9 Å². The molecule has 0 saturated carbocycles. The summed E-state index contributed by atoms with van der Waals surface area (Å²) in [7, 11) is 0. The van der Waals surface area contributed by atoms with E-state index in [2.05, 4.69) is 15.9 Å². The van der Waals surface area contributed by atoms with Crippen LogP contribution in [-0.4, -0.2) is 32.4 Å². The van der Waals surface area contributed by atoms with Gasteiger partial charge in [0.25, 0.3) is 0 Å². The second kappa shape index (κ2) is 8.08. The van der Waals surface area contributed by atoms with Crippen molar-refractivity contribution in [1.82, 2.24) is 0 Å². The largest absolute Gasteiger partial charge is 0.482 e. The van der Waals surface area contributed by atoms with Gasteiger partial charge >= 0.3 is 5.97 Å². The minimum absolute atomic E-state index is 0.0895. The van der Waals surface area contributed by atoms with Crippen LogP contribution in [0.5, 0.6) is 5.75 Å². The first-order valence-corrected chi connectivity index (χ1v) is 6.13. The zero-order valence-corrected chi connectivity index (χ0v) is 11.2. The van der Waals surface area contributed by atoms with Crippen LogP contribution in [0.1, 0.15) is 6.92 Å². The van der Waals surface area contributed by atoms with Crippen LogP contribution in [0.15, 0.2) is 28.7 Å². The Balaban J connectivity index is 2.17. The number of esters is 1. The average molecular weight is 303 g/mol. The first-order chi connectivity index (χ1) is 8.22. The van der Waals surface area contributed by atoms with Gasteiger partial charge in [0.05, 0.1) is 6.61 Å². The molecule has 0 bridgehead atoms. The third-order valence-corrected chi connectivity index (χ3v) is 2.39. The summed E-state index contributed by atoms with van der Waals surface area (Å²) >= 11 is 3.31. The molecular weight excluding hydrogens is 288 g/mol. The van der Waals surface area contributed by atoms with Crippen LogP contribution in [0.4, 0.5) is 0 Å². The highest BCUT2D eigenvalue weighted by Crippen LogP contribution is 2.15.